The Morgan fingerprint density at radius 2 is 2.00 bits per heavy atom. The largest absolute Gasteiger partial charge is 0.330 e. The molecular weight excluding hydrogens is 206 g/mol. The summed E-state index contributed by atoms with van der Waals surface area (Å²) in [5, 5.41) is 0.514. The van der Waals surface area contributed by atoms with E-state index >= 15 is 0 Å². The van der Waals surface area contributed by atoms with Gasteiger partial charge in [-0.1, -0.05) is 42.1 Å². The highest BCUT2D eigenvalue weighted by atomic mass is 32.2. The lowest BCUT2D eigenvalue weighted by Gasteiger charge is -2.19. The first-order chi connectivity index (χ1) is 7.18. The molecule has 0 bridgehead atoms. The van der Waals surface area contributed by atoms with E-state index in [0.717, 1.165) is 6.54 Å². The summed E-state index contributed by atoms with van der Waals surface area (Å²) >= 11 is 1.44. The molecule has 0 radical (unpaired) electrons. The Hall–Kier alpha value is -0.960. The van der Waals surface area contributed by atoms with Crippen LogP contribution in [0.1, 0.15) is 24.7 Å². The van der Waals surface area contributed by atoms with Crippen LogP contribution in [0.4, 0.5) is 4.79 Å². The predicted molar refractivity (Wildman–Crippen MR) is 64.0 cm³/mol. The molecule has 1 amide bonds. The van der Waals surface area contributed by atoms with Gasteiger partial charge in [0.15, 0.2) is 0 Å². The van der Waals surface area contributed by atoms with Gasteiger partial charge in [0, 0.05) is 12.6 Å². The van der Waals surface area contributed by atoms with Crippen LogP contribution in [0.25, 0.3) is 0 Å². The smallest absolute Gasteiger partial charge is 0.282 e. The third-order valence-corrected chi connectivity index (χ3v) is 3.78. The zero-order chi connectivity index (χ0) is 10.8. The molecule has 2 nitrogen and oxygen atoms in total. The Balaban J connectivity index is 2.13. The summed E-state index contributed by atoms with van der Waals surface area (Å²) in [6, 6.07) is 10.5. The quantitative estimate of drug-likeness (QED) is 0.763. The summed E-state index contributed by atoms with van der Waals surface area (Å²) in [7, 11) is 0. The highest BCUT2D eigenvalue weighted by molar-refractivity contribution is 8.14. The SMILES string of the molecule is CC(C)N1CC(c2ccccc2)SC1=O. The lowest BCUT2D eigenvalue weighted by atomic mass is 10.1. The van der Waals surface area contributed by atoms with Crippen LogP contribution in [0, 0.1) is 0 Å². The molecule has 1 aromatic rings. The fraction of sp³-hybridized carbons (Fsp3) is 0.417. The van der Waals surface area contributed by atoms with Crippen LogP contribution < -0.4 is 0 Å². The Labute approximate surface area is 94.7 Å². The van der Waals surface area contributed by atoms with E-state index in [-0.39, 0.29) is 5.24 Å². The maximum Gasteiger partial charge on any atom is 0.282 e. The Morgan fingerprint density at radius 3 is 2.53 bits per heavy atom. The maximum absolute atomic E-state index is 11.7. The van der Waals surface area contributed by atoms with Gasteiger partial charge < -0.3 is 4.90 Å². The molecule has 2 rings (SSSR count). The van der Waals surface area contributed by atoms with Crippen molar-refractivity contribution in [2.24, 2.45) is 0 Å². The molecule has 0 saturated carbocycles. The van der Waals surface area contributed by atoms with Crippen molar-refractivity contribution in [3.05, 3.63) is 35.9 Å². The van der Waals surface area contributed by atoms with E-state index in [2.05, 4.69) is 26.0 Å². The fourth-order valence-corrected chi connectivity index (χ4v) is 2.94. The zero-order valence-corrected chi connectivity index (χ0v) is 9.83. The van der Waals surface area contributed by atoms with Crippen molar-refractivity contribution in [3.63, 3.8) is 0 Å². The van der Waals surface area contributed by atoms with Gasteiger partial charge in [-0.3, -0.25) is 4.79 Å². The Kier molecular flexibility index (Phi) is 3.00. The molecule has 0 aromatic heterocycles. The van der Waals surface area contributed by atoms with Crippen LogP contribution in [0.2, 0.25) is 0 Å². The number of hydrogen-bond donors (Lipinski definition) is 0. The minimum absolute atomic E-state index is 0.207. The molecule has 1 saturated heterocycles. The Bertz CT molecular complexity index is 350. The van der Waals surface area contributed by atoms with Gasteiger partial charge in [0.25, 0.3) is 5.24 Å². The molecule has 0 aliphatic carbocycles. The molecule has 1 heterocycles. The molecule has 0 N–H and O–H groups in total. The van der Waals surface area contributed by atoms with Gasteiger partial charge in [0.2, 0.25) is 0 Å². The molecule has 1 aromatic carbocycles. The van der Waals surface area contributed by atoms with Crippen LogP contribution in [0.5, 0.6) is 0 Å². The number of rotatable bonds is 2. The second-order valence-corrected chi connectivity index (χ2v) is 5.18. The molecule has 1 fully saturated rings. The minimum Gasteiger partial charge on any atom is -0.330 e. The molecule has 1 aliphatic heterocycles. The van der Waals surface area contributed by atoms with E-state index in [4.69, 9.17) is 0 Å². The van der Waals surface area contributed by atoms with Crippen molar-refractivity contribution in [3.8, 4) is 0 Å². The molecule has 15 heavy (non-hydrogen) atoms. The predicted octanol–water partition coefficient (Wildman–Crippen LogP) is 3.30. The second kappa shape index (κ2) is 4.27. The normalized spacial score (nSPS) is 21.4. The summed E-state index contributed by atoms with van der Waals surface area (Å²) in [6.45, 7) is 4.96. The van der Waals surface area contributed by atoms with Crippen LogP contribution in [-0.4, -0.2) is 22.7 Å². The molecule has 1 unspecified atom stereocenters. The van der Waals surface area contributed by atoms with E-state index in [0.29, 0.717) is 11.3 Å². The molecule has 1 atom stereocenters. The van der Waals surface area contributed by atoms with E-state index in [9.17, 15) is 4.79 Å². The first-order valence-electron chi connectivity index (χ1n) is 5.20. The number of thioether (sulfide) groups is 1. The molecule has 3 heteroatoms. The standard InChI is InChI=1S/C12H15NOS/c1-9(2)13-8-11(15-12(13)14)10-6-4-3-5-7-10/h3-7,9,11H,8H2,1-2H3. The van der Waals surface area contributed by atoms with Crippen molar-refractivity contribution in [1.29, 1.82) is 0 Å². The average Bonchev–Trinajstić information content (AvgIpc) is 2.62. The van der Waals surface area contributed by atoms with E-state index < -0.39 is 0 Å². The van der Waals surface area contributed by atoms with Gasteiger partial charge >= 0.3 is 0 Å². The van der Waals surface area contributed by atoms with Crippen molar-refractivity contribution in [2.75, 3.05) is 6.54 Å². The molecule has 80 valence electrons. The van der Waals surface area contributed by atoms with E-state index in [1.54, 1.807) is 0 Å². The van der Waals surface area contributed by atoms with E-state index in [1.165, 1.54) is 17.3 Å². The number of amides is 1. The van der Waals surface area contributed by atoms with Crippen LogP contribution in [0.15, 0.2) is 30.3 Å². The Morgan fingerprint density at radius 1 is 1.33 bits per heavy atom. The first-order valence-corrected chi connectivity index (χ1v) is 6.08. The second-order valence-electron chi connectivity index (χ2n) is 4.03. The lowest BCUT2D eigenvalue weighted by Crippen LogP contribution is -2.30. The number of benzene rings is 1. The van der Waals surface area contributed by atoms with Gasteiger partial charge in [-0.15, -0.1) is 0 Å². The van der Waals surface area contributed by atoms with Crippen molar-refractivity contribution >= 4 is 17.0 Å². The maximum atomic E-state index is 11.7. The lowest BCUT2D eigenvalue weighted by molar-refractivity contribution is 0.214. The summed E-state index contributed by atoms with van der Waals surface area (Å²) in [6.07, 6.45) is 0. The average molecular weight is 221 g/mol. The van der Waals surface area contributed by atoms with E-state index in [1.807, 2.05) is 23.1 Å². The summed E-state index contributed by atoms with van der Waals surface area (Å²) in [5.74, 6) is 0. The van der Waals surface area contributed by atoms with Gasteiger partial charge in [-0.2, -0.15) is 0 Å². The molecule has 1 aliphatic rings. The summed E-state index contributed by atoms with van der Waals surface area (Å²) in [4.78, 5) is 13.6. The topological polar surface area (TPSA) is 20.3 Å². The van der Waals surface area contributed by atoms with Gasteiger partial charge in [0.1, 0.15) is 0 Å². The van der Waals surface area contributed by atoms with Crippen LogP contribution in [-0.2, 0) is 0 Å². The van der Waals surface area contributed by atoms with Crippen molar-refractivity contribution < 1.29 is 4.79 Å². The highest BCUT2D eigenvalue weighted by Crippen LogP contribution is 2.38. The van der Waals surface area contributed by atoms with Crippen LogP contribution >= 0.6 is 11.8 Å². The van der Waals surface area contributed by atoms with Crippen molar-refractivity contribution in [2.45, 2.75) is 25.1 Å². The van der Waals surface area contributed by atoms with Gasteiger partial charge in [0.05, 0.1) is 5.25 Å². The number of hydrogen-bond acceptors (Lipinski definition) is 2. The summed E-state index contributed by atoms with van der Waals surface area (Å²) < 4.78 is 0. The van der Waals surface area contributed by atoms with Gasteiger partial charge in [-0.05, 0) is 19.4 Å². The zero-order valence-electron chi connectivity index (χ0n) is 9.01. The first kappa shape index (κ1) is 10.6. The molecular formula is C12H15NOS. The van der Waals surface area contributed by atoms with Crippen molar-refractivity contribution in [1.82, 2.24) is 4.90 Å². The number of carbonyl (C=O) groups excluding carboxylic acids is 1. The monoisotopic (exact) mass is 221 g/mol. The third-order valence-electron chi connectivity index (χ3n) is 2.63. The number of carbonyl (C=O) groups is 1. The molecule has 0 spiro atoms. The minimum atomic E-state index is 0.207. The number of nitrogens with zero attached hydrogens (tertiary/aromatic N) is 1. The summed E-state index contributed by atoms with van der Waals surface area (Å²) in [5.41, 5.74) is 1.25. The third kappa shape index (κ3) is 2.17. The van der Waals surface area contributed by atoms with Crippen LogP contribution in [0.3, 0.4) is 0 Å². The fourth-order valence-electron chi connectivity index (χ4n) is 1.74. The highest BCUT2D eigenvalue weighted by Gasteiger charge is 2.32. The van der Waals surface area contributed by atoms with Gasteiger partial charge in [-0.25, -0.2) is 0 Å².